The lowest BCUT2D eigenvalue weighted by Gasteiger charge is -2.45. The summed E-state index contributed by atoms with van der Waals surface area (Å²) in [5.74, 6) is -1.97. The molecule has 0 radical (unpaired) electrons. The lowest BCUT2D eigenvalue weighted by molar-refractivity contribution is -0.137. The fourth-order valence-corrected chi connectivity index (χ4v) is 5.89. The predicted molar refractivity (Wildman–Crippen MR) is 133 cm³/mol. The zero-order valence-corrected chi connectivity index (χ0v) is 21.2. The third-order valence-electron chi connectivity index (χ3n) is 7.00. The van der Waals surface area contributed by atoms with Gasteiger partial charge in [0.05, 0.1) is 28.4 Å². The van der Waals surface area contributed by atoms with Crippen LogP contribution in [0.15, 0.2) is 36.4 Å². The van der Waals surface area contributed by atoms with Crippen LogP contribution in [-0.4, -0.2) is 29.5 Å². The van der Waals surface area contributed by atoms with Crippen LogP contribution in [0.2, 0.25) is 0 Å². The molecule has 2 fully saturated rings. The number of hydrogen-bond acceptors (Lipinski definition) is 4. The number of nitrogens with zero attached hydrogens (tertiary/aromatic N) is 3. The van der Waals surface area contributed by atoms with Crippen LogP contribution in [0.3, 0.4) is 0 Å². The molecule has 2 aromatic carbocycles. The van der Waals surface area contributed by atoms with E-state index < -0.39 is 40.5 Å². The molecular formula is C26H24F4N4O2S. The van der Waals surface area contributed by atoms with E-state index in [1.54, 1.807) is 0 Å². The number of nitrogens with one attached hydrogen (secondary N) is 1. The van der Waals surface area contributed by atoms with Gasteiger partial charge in [-0.25, -0.2) is 4.39 Å². The molecule has 2 aliphatic rings. The number of anilines is 2. The SMILES string of the molecule is CNC(=O)c1ccc(N2C(=S)N(c3ccc(C#N)c(C(F)(F)F)c3)C(=O)[C@]23CCCC(C)(C)C3)cc1F. The lowest BCUT2D eigenvalue weighted by Crippen LogP contribution is -2.54. The Morgan fingerprint density at radius 3 is 2.38 bits per heavy atom. The molecule has 1 saturated carbocycles. The highest BCUT2D eigenvalue weighted by Gasteiger charge is 2.59. The average Bonchev–Trinajstić information content (AvgIpc) is 3.02. The van der Waals surface area contributed by atoms with E-state index in [4.69, 9.17) is 17.5 Å². The van der Waals surface area contributed by atoms with Gasteiger partial charge in [0.1, 0.15) is 11.4 Å². The molecule has 1 N–H and O–H groups in total. The summed E-state index contributed by atoms with van der Waals surface area (Å²) in [4.78, 5) is 28.6. The molecule has 194 valence electrons. The Labute approximate surface area is 216 Å². The van der Waals surface area contributed by atoms with Crippen molar-refractivity contribution in [1.29, 1.82) is 5.26 Å². The van der Waals surface area contributed by atoms with Gasteiger partial charge in [-0.15, -0.1) is 0 Å². The first-order valence-electron chi connectivity index (χ1n) is 11.6. The first kappa shape index (κ1) is 26.5. The minimum Gasteiger partial charge on any atom is -0.355 e. The molecule has 1 atom stereocenters. The Morgan fingerprint density at radius 2 is 1.81 bits per heavy atom. The van der Waals surface area contributed by atoms with E-state index in [1.165, 1.54) is 36.2 Å². The number of carbonyl (C=O) groups is 2. The molecule has 2 aromatic rings. The Hall–Kier alpha value is -3.52. The van der Waals surface area contributed by atoms with Crippen molar-refractivity contribution < 1.29 is 27.2 Å². The normalized spacial score (nSPS) is 21.4. The molecule has 0 unspecified atom stereocenters. The molecule has 1 heterocycles. The van der Waals surface area contributed by atoms with Crippen LogP contribution in [0, 0.1) is 22.6 Å². The first-order valence-corrected chi connectivity index (χ1v) is 12.0. The van der Waals surface area contributed by atoms with Gasteiger partial charge in [0, 0.05) is 12.7 Å². The molecule has 1 aliphatic heterocycles. The number of halogens is 4. The molecule has 6 nitrogen and oxygen atoms in total. The standard InChI is InChI=1S/C26H24F4N4O2S/c1-24(2)9-4-10-25(14-24)22(36)33(16-6-5-15(13-31)19(11-16)26(28,29)30)23(37)34(25)17-7-8-18(20(27)12-17)21(35)32-3/h5-8,11-12H,4,9-10,14H2,1-3H3,(H,32,35)/t25-/m1/s1. The van der Waals surface area contributed by atoms with E-state index in [2.05, 4.69) is 5.32 Å². The van der Waals surface area contributed by atoms with E-state index in [-0.39, 0.29) is 27.5 Å². The van der Waals surface area contributed by atoms with Gasteiger partial charge >= 0.3 is 6.18 Å². The van der Waals surface area contributed by atoms with Gasteiger partial charge in [0.25, 0.3) is 11.8 Å². The molecule has 0 bridgehead atoms. The second-order valence-corrected chi connectivity index (χ2v) is 10.4. The number of rotatable bonds is 3. The van der Waals surface area contributed by atoms with Crippen LogP contribution in [0.25, 0.3) is 0 Å². The zero-order valence-electron chi connectivity index (χ0n) is 20.4. The Morgan fingerprint density at radius 1 is 1.14 bits per heavy atom. The number of hydrogen-bond donors (Lipinski definition) is 1. The summed E-state index contributed by atoms with van der Waals surface area (Å²) in [5.41, 5.74) is -3.43. The average molecular weight is 533 g/mol. The monoisotopic (exact) mass is 532 g/mol. The van der Waals surface area contributed by atoms with Gasteiger partial charge in [0.15, 0.2) is 5.11 Å². The number of carbonyl (C=O) groups excluding carboxylic acids is 2. The van der Waals surface area contributed by atoms with Gasteiger partial charge in [-0.2, -0.15) is 18.4 Å². The topological polar surface area (TPSA) is 76.4 Å². The van der Waals surface area contributed by atoms with Gasteiger partial charge in [-0.1, -0.05) is 20.3 Å². The summed E-state index contributed by atoms with van der Waals surface area (Å²) in [6.45, 7) is 3.98. The predicted octanol–water partition coefficient (Wildman–Crippen LogP) is 5.55. The highest BCUT2D eigenvalue weighted by Crippen LogP contribution is 2.50. The molecular weight excluding hydrogens is 508 g/mol. The molecule has 2 amide bonds. The third-order valence-corrected chi connectivity index (χ3v) is 7.36. The maximum absolute atomic E-state index is 15.0. The number of thiocarbonyl (C=S) groups is 1. The maximum atomic E-state index is 15.0. The lowest BCUT2D eigenvalue weighted by atomic mass is 9.67. The van der Waals surface area contributed by atoms with Gasteiger partial charge < -0.3 is 10.2 Å². The summed E-state index contributed by atoms with van der Waals surface area (Å²) in [5, 5.41) is 11.4. The van der Waals surface area contributed by atoms with Crippen molar-refractivity contribution in [2.24, 2.45) is 5.41 Å². The zero-order chi connectivity index (χ0) is 27.3. The third kappa shape index (κ3) is 4.44. The van der Waals surface area contributed by atoms with Gasteiger partial charge in [0.2, 0.25) is 0 Å². The minimum absolute atomic E-state index is 0.104. The molecule has 1 aliphatic carbocycles. The van der Waals surface area contributed by atoms with Crippen molar-refractivity contribution in [2.45, 2.75) is 51.2 Å². The fraction of sp³-hybridized carbons (Fsp3) is 0.385. The van der Waals surface area contributed by atoms with Crippen molar-refractivity contribution in [3.63, 3.8) is 0 Å². The van der Waals surface area contributed by atoms with Crippen molar-refractivity contribution >= 4 is 40.5 Å². The van der Waals surface area contributed by atoms with Crippen molar-refractivity contribution in [3.05, 3.63) is 58.9 Å². The van der Waals surface area contributed by atoms with Crippen LogP contribution >= 0.6 is 12.2 Å². The summed E-state index contributed by atoms with van der Waals surface area (Å²) in [6, 6.07) is 8.39. The van der Waals surface area contributed by atoms with Crippen molar-refractivity contribution in [1.82, 2.24) is 5.32 Å². The van der Waals surface area contributed by atoms with E-state index in [0.29, 0.717) is 19.3 Å². The molecule has 4 rings (SSSR count). The summed E-state index contributed by atoms with van der Waals surface area (Å²) < 4.78 is 56.1. The molecule has 11 heteroatoms. The largest absolute Gasteiger partial charge is 0.417 e. The van der Waals surface area contributed by atoms with E-state index in [1.807, 2.05) is 13.8 Å². The van der Waals surface area contributed by atoms with E-state index in [9.17, 15) is 27.2 Å². The first-order chi connectivity index (χ1) is 17.3. The molecule has 1 saturated heterocycles. The number of alkyl halides is 3. The number of benzene rings is 2. The summed E-state index contributed by atoms with van der Waals surface area (Å²) >= 11 is 5.66. The molecule has 37 heavy (non-hydrogen) atoms. The molecule has 1 spiro atoms. The van der Waals surface area contributed by atoms with Gasteiger partial charge in [-0.05, 0) is 73.3 Å². The second-order valence-electron chi connectivity index (χ2n) is 10.1. The van der Waals surface area contributed by atoms with Crippen LogP contribution in [0.4, 0.5) is 28.9 Å². The summed E-state index contributed by atoms with van der Waals surface area (Å²) in [6.07, 6.45) is -2.67. The van der Waals surface area contributed by atoms with E-state index in [0.717, 1.165) is 29.5 Å². The molecule has 0 aromatic heterocycles. The number of nitriles is 1. The fourth-order valence-electron chi connectivity index (χ4n) is 5.43. The van der Waals surface area contributed by atoms with Crippen LogP contribution in [0.1, 0.15) is 61.0 Å². The van der Waals surface area contributed by atoms with Crippen LogP contribution < -0.4 is 15.1 Å². The second kappa shape index (κ2) is 9.10. The van der Waals surface area contributed by atoms with E-state index >= 15 is 0 Å². The Kier molecular flexibility index (Phi) is 6.53. The maximum Gasteiger partial charge on any atom is 0.417 e. The highest BCUT2D eigenvalue weighted by atomic mass is 32.1. The van der Waals surface area contributed by atoms with Crippen molar-refractivity contribution in [3.8, 4) is 6.07 Å². The minimum atomic E-state index is -4.82. The highest BCUT2D eigenvalue weighted by molar-refractivity contribution is 7.81. The van der Waals surface area contributed by atoms with Crippen LogP contribution in [0.5, 0.6) is 0 Å². The van der Waals surface area contributed by atoms with Crippen LogP contribution in [-0.2, 0) is 11.0 Å². The quantitative estimate of drug-likeness (QED) is 0.414. The summed E-state index contributed by atoms with van der Waals surface area (Å²) in [7, 11) is 1.37. The van der Waals surface area contributed by atoms with Gasteiger partial charge in [-0.3, -0.25) is 14.5 Å². The Bertz CT molecular complexity index is 1350. The number of amides is 2. The smallest absolute Gasteiger partial charge is 0.355 e. The van der Waals surface area contributed by atoms with Crippen molar-refractivity contribution in [2.75, 3.05) is 16.8 Å². The Balaban J connectivity index is 1.89.